The molecule has 1 aromatic rings. The number of nitrogens with two attached hydrogens (primary N) is 1. The molecule has 0 spiro atoms. The molecule has 0 aliphatic carbocycles. The second-order valence-electron chi connectivity index (χ2n) is 9.16. The maximum absolute atomic E-state index is 13.4. The number of likely N-dealkylation sites (tertiary alicyclic amines) is 1. The third-order valence-electron chi connectivity index (χ3n) is 6.57. The summed E-state index contributed by atoms with van der Waals surface area (Å²) in [7, 11) is 0. The minimum atomic E-state index is -0.254. The van der Waals surface area contributed by atoms with Gasteiger partial charge in [-0.25, -0.2) is 0 Å². The third kappa shape index (κ3) is 5.60. The van der Waals surface area contributed by atoms with Gasteiger partial charge in [0.15, 0.2) is 0 Å². The van der Waals surface area contributed by atoms with Gasteiger partial charge in [0, 0.05) is 55.6 Å². The maximum atomic E-state index is 13.4. The van der Waals surface area contributed by atoms with Crippen molar-refractivity contribution < 1.29 is 19.1 Å². The molecule has 9 nitrogen and oxygen atoms in total. The molecule has 0 bridgehead atoms. The number of nitrogens with one attached hydrogen (secondary N) is 2. The molecule has 3 heterocycles. The van der Waals surface area contributed by atoms with Crippen molar-refractivity contribution in [2.75, 3.05) is 50.4 Å². The number of morpholine rings is 1. The SMILES string of the molecule is C[C@@H]1CN(C(=O)c2cc(Br)cc(N)c2N[C@@H]2CCCN(C(=O)C3CCNC(=O)C3)C2)CCO1. The monoisotopic (exact) mass is 521 g/mol. The Balaban J connectivity index is 1.49. The second kappa shape index (κ2) is 10.3. The van der Waals surface area contributed by atoms with Crippen LogP contribution in [-0.4, -0.2) is 79.0 Å². The van der Waals surface area contributed by atoms with Crippen molar-refractivity contribution in [3.05, 3.63) is 22.2 Å². The largest absolute Gasteiger partial charge is 0.397 e. The predicted octanol–water partition coefficient (Wildman–Crippen LogP) is 1.82. The van der Waals surface area contributed by atoms with Gasteiger partial charge in [0.2, 0.25) is 11.8 Å². The van der Waals surface area contributed by atoms with Crippen molar-refractivity contribution in [2.45, 2.75) is 44.8 Å². The molecule has 0 radical (unpaired) electrons. The Bertz CT molecular complexity index is 926. The number of amides is 3. The van der Waals surface area contributed by atoms with E-state index in [-0.39, 0.29) is 42.2 Å². The Kier molecular flexibility index (Phi) is 7.43. The number of nitrogen functional groups attached to an aromatic ring is 1. The molecule has 33 heavy (non-hydrogen) atoms. The Morgan fingerprint density at radius 3 is 2.79 bits per heavy atom. The summed E-state index contributed by atoms with van der Waals surface area (Å²) < 4.78 is 6.32. The molecule has 3 saturated heterocycles. The van der Waals surface area contributed by atoms with Crippen LogP contribution in [0.5, 0.6) is 0 Å². The van der Waals surface area contributed by atoms with E-state index in [0.717, 1.165) is 17.3 Å². The minimum absolute atomic E-state index is 0.0107. The van der Waals surface area contributed by atoms with Crippen molar-refractivity contribution in [1.29, 1.82) is 0 Å². The summed E-state index contributed by atoms with van der Waals surface area (Å²) in [5, 5.41) is 6.26. The van der Waals surface area contributed by atoms with Crippen LogP contribution >= 0.6 is 15.9 Å². The fraction of sp³-hybridized carbons (Fsp3) is 0.609. The van der Waals surface area contributed by atoms with Crippen LogP contribution in [0.15, 0.2) is 16.6 Å². The van der Waals surface area contributed by atoms with E-state index in [1.807, 2.05) is 11.8 Å². The van der Waals surface area contributed by atoms with Gasteiger partial charge < -0.3 is 30.9 Å². The summed E-state index contributed by atoms with van der Waals surface area (Å²) in [4.78, 5) is 41.8. The zero-order chi connectivity index (χ0) is 23.5. The van der Waals surface area contributed by atoms with Crippen LogP contribution in [0.3, 0.4) is 0 Å². The first-order valence-electron chi connectivity index (χ1n) is 11.6. The van der Waals surface area contributed by atoms with Crippen LogP contribution in [0, 0.1) is 5.92 Å². The Labute approximate surface area is 202 Å². The lowest BCUT2D eigenvalue weighted by atomic mass is 9.94. The van der Waals surface area contributed by atoms with E-state index in [9.17, 15) is 14.4 Å². The molecular formula is C23H32BrN5O4. The number of rotatable bonds is 4. The molecule has 0 saturated carbocycles. The fourth-order valence-corrected chi connectivity index (χ4v) is 5.36. The average Bonchev–Trinajstić information content (AvgIpc) is 2.80. The highest BCUT2D eigenvalue weighted by molar-refractivity contribution is 9.10. The molecule has 3 aliphatic rings. The molecule has 4 rings (SSSR count). The summed E-state index contributed by atoms with van der Waals surface area (Å²) in [6, 6.07) is 3.56. The van der Waals surface area contributed by atoms with Crippen LogP contribution < -0.4 is 16.4 Å². The zero-order valence-corrected chi connectivity index (χ0v) is 20.5. The topological polar surface area (TPSA) is 117 Å². The van der Waals surface area contributed by atoms with E-state index in [2.05, 4.69) is 26.6 Å². The highest BCUT2D eigenvalue weighted by Gasteiger charge is 2.33. The number of hydrogen-bond donors (Lipinski definition) is 3. The Hall–Kier alpha value is -2.33. The van der Waals surface area contributed by atoms with Gasteiger partial charge in [0.05, 0.1) is 29.6 Å². The number of halogens is 1. The van der Waals surface area contributed by atoms with Crippen LogP contribution in [0.1, 0.15) is 43.0 Å². The highest BCUT2D eigenvalue weighted by Crippen LogP contribution is 2.32. The lowest BCUT2D eigenvalue weighted by molar-refractivity contribution is -0.141. The lowest BCUT2D eigenvalue weighted by Crippen LogP contribution is -2.49. The average molecular weight is 522 g/mol. The molecule has 1 aromatic carbocycles. The molecule has 3 fully saturated rings. The van der Waals surface area contributed by atoms with Crippen molar-refractivity contribution in [2.24, 2.45) is 5.92 Å². The number of nitrogens with zero attached hydrogens (tertiary/aromatic N) is 2. The van der Waals surface area contributed by atoms with Gasteiger partial charge in [-0.2, -0.15) is 0 Å². The van der Waals surface area contributed by atoms with Crippen molar-refractivity contribution >= 4 is 45.0 Å². The van der Waals surface area contributed by atoms with Crippen molar-refractivity contribution in [3.63, 3.8) is 0 Å². The van der Waals surface area contributed by atoms with Crippen LogP contribution in [-0.2, 0) is 14.3 Å². The molecule has 3 aliphatic heterocycles. The fourth-order valence-electron chi connectivity index (χ4n) is 4.88. The van der Waals surface area contributed by atoms with E-state index >= 15 is 0 Å². The van der Waals surface area contributed by atoms with Gasteiger partial charge >= 0.3 is 0 Å². The molecular weight excluding hydrogens is 490 g/mol. The van der Waals surface area contributed by atoms with Gasteiger partial charge in [0.25, 0.3) is 5.91 Å². The first-order chi connectivity index (χ1) is 15.8. The van der Waals surface area contributed by atoms with Gasteiger partial charge in [0.1, 0.15) is 0 Å². The lowest BCUT2D eigenvalue weighted by Gasteiger charge is -2.37. The highest BCUT2D eigenvalue weighted by atomic mass is 79.9. The standard InChI is InChI=1S/C23H32BrN5O4/c1-14-12-29(7-8-33-14)23(32)18-10-16(24)11-19(25)21(18)27-17-3-2-6-28(13-17)22(31)15-4-5-26-20(30)9-15/h10-11,14-15,17,27H,2-9,12-13,25H2,1H3,(H,26,30)/t14-,15?,17-/m1/s1. The Morgan fingerprint density at radius 1 is 1.21 bits per heavy atom. The second-order valence-corrected chi connectivity index (χ2v) is 10.1. The molecule has 180 valence electrons. The molecule has 3 amide bonds. The smallest absolute Gasteiger partial charge is 0.256 e. The van der Waals surface area contributed by atoms with Crippen LogP contribution in [0.25, 0.3) is 0 Å². The number of benzene rings is 1. The summed E-state index contributed by atoms with van der Waals surface area (Å²) >= 11 is 3.47. The normalized spacial score (nSPS) is 26.0. The van der Waals surface area contributed by atoms with Gasteiger partial charge in [-0.1, -0.05) is 15.9 Å². The molecule has 10 heteroatoms. The first kappa shape index (κ1) is 23.8. The molecule has 3 atom stereocenters. The van der Waals surface area contributed by atoms with Gasteiger partial charge in [-0.3, -0.25) is 14.4 Å². The van der Waals surface area contributed by atoms with E-state index in [1.54, 1.807) is 17.0 Å². The summed E-state index contributed by atoms with van der Waals surface area (Å²) in [6.07, 6.45) is 2.64. The first-order valence-corrected chi connectivity index (χ1v) is 12.4. The third-order valence-corrected chi connectivity index (χ3v) is 7.03. The Morgan fingerprint density at radius 2 is 2.03 bits per heavy atom. The number of carbonyl (C=O) groups is 3. The van der Waals surface area contributed by atoms with Crippen LogP contribution in [0.4, 0.5) is 11.4 Å². The number of anilines is 2. The minimum Gasteiger partial charge on any atom is -0.397 e. The van der Waals surface area contributed by atoms with E-state index < -0.39 is 0 Å². The van der Waals surface area contributed by atoms with E-state index in [1.165, 1.54) is 0 Å². The number of carbonyl (C=O) groups excluding carboxylic acids is 3. The predicted molar refractivity (Wildman–Crippen MR) is 129 cm³/mol. The molecule has 4 N–H and O–H groups in total. The number of ether oxygens (including phenoxy) is 1. The quantitative estimate of drug-likeness (QED) is 0.520. The van der Waals surface area contributed by atoms with Gasteiger partial charge in [-0.15, -0.1) is 0 Å². The zero-order valence-electron chi connectivity index (χ0n) is 18.9. The summed E-state index contributed by atoms with van der Waals surface area (Å²) in [5.74, 6) is -0.360. The van der Waals surface area contributed by atoms with Crippen molar-refractivity contribution in [3.8, 4) is 0 Å². The number of hydrogen-bond acceptors (Lipinski definition) is 6. The summed E-state index contributed by atoms with van der Waals surface area (Å²) in [6.45, 7) is 5.29. The summed E-state index contributed by atoms with van der Waals surface area (Å²) in [5.41, 5.74) is 7.96. The van der Waals surface area contributed by atoms with Crippen molar-refractivity contribution in [1.82, 2.24) is 15.1 Å². The maximum Gasteiger partial charge on any atom is 0.256 e. The van der Waals surface area contributed by atoms with Gasteiger partial charge in [-0.05, 0) is 38.3 Å². The molecule has 0 aromatic heterocycles. The van der Waals surface area contributed by atoms with Crippen LogP contribution in [0.2, 0.25) is 0 Å². The van der Waals surface area contributed by atoms with E-state index in [0.29, 0.717) is 62.7 Å². The number of piperidine rings is 2. The van der Waals surface area contributed by atoms with E-state index in [4.69, 9.17) is 10.5 Å². The molecule has 1 unspecified atom stereocenters.